The minimum absolute atomic E-state index is 0.315. The number of nitrogens with zero attached hydrogens (tertiary/aromatic N) is 2. The van der Waals surface area contributed by atoms with E-state index in [1.165, 1.54) is 7.11 Å². The first-order chi connectivity index (χ1) is 14.4. The zero-order valence-corrected chi connectivity index (χ0v) is 17.0. The molecule has 2 aliphatic heterocycles. The first-order valence-corrected chi connectivity index (χ1v) is 10.3. The Morgan fingerprint density at radius 2 is 1.83 bits per heavy atom. The molecule has 1 saturated carbocycles. The highest BCUT2D eigenvalue weighted by molar-refractivity contribution is 6.10. The van der Waals surface area contributed by atoms with Gasteiger partial charge in [0.15, 0.2) is 0 Å². The Labute approximate surface area is 174 Å². The molecule has 3 fully saturated rings. The Hall–Kier alpha value is -3.10. The SMILES string of the molecule is COC(=O)c1ccc(N2CCCC2)c(NC(=O)CN2C(=O)NC3(CCCC3)C2=O)c1. The van der Waals surface area contributed by atoms with E-state index in [1.54, 1.807) is 18.2 Å². The number of imide groups is 1. The van der Waals surface area contributed by atoms with E-state index in [9.17, 15) is 19.2 Å². The zero-order chi connectivity index (χ0) is 21.3. The largest absolute Gasteiger partial charge is 0.465 e. The number of anilines is 2. The van der Waals surface area contributed by atoms with Gasteiger partial charge < -0.3 is 20.3 Å². The minimum atomic E-state index is -0.844. The summed E-state index contributed by atoms with van der Waals surface area (Å²) in [7, 11) is 1.30. The normalized spacial score (nSPS) is 20.0. The van der Waals surface area contributed by atoms with E-state index in [0.29, 0.717) is 24.1 Å². The van der Waals surface area contributed by atoms with Crippen LogP contribution < -0.4 is 15.5 Å². The van der Waals surface area contributed by atoms with E-state index < -0.39 is 23.4 Å². The second-order valence-corrected chi connectivity index (χ2v) is 8.08. The highest BCUT2D eigenvalue weighted by atomic mass is 16.5. The topological polar surface area (TPSA) is 108 Å². The third-order valence-electron chi connectivity index (χ3n) is 6.14. The molecule has 2 saturated heterocycles. The van der Waals surface area contributed by atoms with Crippen molar-refractivity contribution in [3.05, 3.63) is 23.8 Å². The van der Waals surface area contributed by atoms with Crippen molar-refractivity contribution in [3.63, 3.8) is 0 Å². The van der Waals surface area contributed by atoms with Gasteiger partial charge in [0, 0.05) is 13.1 Å². The summed E-state index contributed by atoms with van der Waals surface area (Å²) < 4.78 is 4.78. The van der Waals surface area contributed by atoms with Crippen molar-refractivity contribution >= 4 is 35.2 Å². The second-order valence-electron chi connectivity index (χ2n) is 8.08. The van der Waals surface area contributed by atoms with Gasteiger partial charge in [-0.05, 0) is 43.9 Å². The van der Waals surface area contributed by atoms with Gasteiger partial charge in [-0.25, -0.2) is 9.59 Å². The molecule has 1 aliphatic carbocycles. The number of urea groups is 1. The number of hydrogen-bond donors (Lipinski definition) is 2. The standard InChI is InChI=1S/C21H26N4O5/c1-30-18(27)14-6-7-16(24-10-4-5-11-24)15(12-14)22-17(26)13-25-19(28)21(23-20(25)29)8-2-3-9-21/h6-7,12H,2-5,8-11,13H2,1H3,(H,22,26)(H,23,29). The molecular weight excluding hydrogens is 388 g/mol. The van der Waals surface area contributed by atoms with Crippen molar-refractivity contribution in [1.29, 1.82) is 0 Å². The van der Waals surface area contributed by atoms with Crippen LogP contribution in [0.1, 0.15) is 48.9 Å². The Bertz CT molecular complexity index is 887. The van der Waals surface area contributed by atoms with E-state index in [-0.39, 0.29) is 12.5 Å². The molecular formula is C21H26N4O5. The molecule has 0 radical (unpaired) electrons. The Kier molecular flexibility index (Phi) is 5.36. The number of ether oxygens (including phenoxy) is 1. The number of nitrogens with one attached hydrogen (secondary N) is 2. The van der Waals surface area contributed by atoms with Crippen molar-refractivity contribution < 1.29 is 23.9 Å². The highest BCUT2D eigenvalue weighted by Crippen LogP contribution is 2.35. The number of carbonyl (C=O) groups excluding carboxylic acids is 4. The van der Waals surface area contributed by atoms with Crippen LogP contribution in [0.5, 0.6) is 0 Å². The fourth-order valence-corrected chi connectivity index (χ4v) is 4.59. The smallest absolute Gasteiger partial charge is 0.337 e. The fraction of sp³-hybridized carbons (Fsp3) is 0.524. The van der Waals surface area contributed by atoms with E-state index >= 15 is 0 Å². The van der Waals surface area contributed by atoms with Crippen LogP contribution in [0.25, 0.3) is 0 Å². The molecule has 9 heteroatoms. The van der Waals surface area contributed by atoms with Gasteiger partial charge in [0.2, 0.25) is 5.91 Å². The molecule has 0 unspecified atom stereocenters. The summed E-state index contributed by atoms with van der Waals surface area (Å²) in [4.78, 5) is 52.9. The maximum absolute atomic E-state index is 12.8. The molecule has 1 aromatic carbocycles. The predicted octanol–water partition coefficient (Wildman–Crippen LogP) is 1.88. The lowest BCUT2D eigenvalue weighted by Crippen LogP contribution is -2.44. The summed E-state index contributed by atoms with van der Waals surface area (Å²) in [6.07, 6.45) is 5.08. The maximum Gasteiger partial charge on any atom is 0.337 e. The number of methoxy groups -OCH3 is 1. The molecule has 1 spiro atoms. The number of carbonyl (C=O) groups is 4. The lowest BCUT2D eigenvalue weighted by Gasteiger charge is -2.23. The van der Waals surface area contributed by atoms with Crippen molar-refractivity contribution in [2.75, 3.05) is 37.0 Å². The zero-order valence-electron chi connectivity index (χ0n) is 17.0. The molecule has 4 amide bonds. The molecule has 0 atom stereocenters. The molecule has 4 rings (SSSR count). The maximum atomic E-state index is 12.8. The second kappa shape index (κ2) is 7.97. The molecule has 9 nitrogen and oxygen atoms in total. The quantitative estimate of drug-likeness (QED) is 0.563. The van der Waals surface area contributed by atoms with Crippen molar-refractivity contribution in [3.8, 4) is 0 Å². The Morgan fingerprint density at radius 1 is 1.13 bits per heavy atom. The number of rotatable bonds is 5. The summed E-state index contributed by atoms with van der Waals surface area (Å²) >= 11 is 0. The van der Waals surface area contributed by atoms with Gasteiger partial charge in [-0.1, -0.05) is 12.8 Å². The number of benzene rings is 1. The summed E-state index contributed by atoms with van der Waals surface area (Å²) in [6, 6.07) is 4.49. The number of hydrogen-bond acceptors (Lipinski definition) is 6. The average molecular weight is 414 g/mol. The van der Waals surface area contributed by atoms with E-state index in [4.69, 9.17) is 4.74 Å². The van der Waals surface area contributed by atoms with Crippen LogP contribution in [0.15, 0.2) is 18.2 Å². The van der Waals surface area contributed by atoms with Crippen molar-refractivity contribution in [1.82, 2.24) is 10.2 Å². The van der Waals surface area contributed by atoms with Crippen LogP contribution in [-0.2, 0) is 14.3 Å². The summed E-state index contributed by atoms with van der Waals surface area (Å²) in [6.45, 7) is 1.35. The van der Waals surface area contributed by atoms with Crippen molar-refractivity contribution in [2.45, 2.75) is 44.1 Å². The fourth-order valence-electron chi connectivity index (χ4n) is 4.59. The molecule has 2 N–H and O–H groups in total. The third kappa shape index (κ3) is 3.59. The van der Waals surface area contributed by atoms with Gasteiger partial charge in [-0.15, -0.1) is 0 Å². The monoisotopic (exact) mass is 414 g/mol. The number of amides is 4. The molecule has 0 bridgehead atoms. The minimum Gasteiger partial charge on any atom is -0.465 e. The van der Waals surface area contributed by atoms with Crippen LogP contribution in [0.2, 0.25) is 0 Å². The summed E-state index contributed by atoms with van der Waals surface area (Å²) in [5.41, 5.74) is 0.740. The average Bonchev–Trinajstić information content (AvgIpc) is 3.47. The van der Waals surface area contributed by atoms with Crippen LogP contribution in [0, 0.1) is 0 Å². The van der Waals surface area contributed by atoms with Gasteiger partial charge >= 0.3 is 12.0 Å². The van der Waals surface area contributed by atoms with E-state index in [0.717, 1.165) is 49.4 Å². The van der Waals surface area contributed by atoms with Gasteiger partial charge in [-0.3, -0.25) is 14.5 Å². The third-order valence-corrected chi connectivity index (χ3v) is 6.14. The van der Waals surface area contributed by atoms with Crippen molar-refractivity contribution in [2.24, 2.45) is 0 Å². The predicted molar refractivity (Wildman–Crippen MR) is 109 cm³/mol. The first kappa shape index (κ1) is 20.2. The van der Waals surface area contributed by atoms with E-state index in [2.05, 4.69) is 15.5 Å². The molecule has 160 valence electrons. The van der Waals surface area contributed by atoms with Gasteiger partial charge in [0.25, 0.3) is 5.91 Å². The van der Waals surface area contributed by atoms with Crippen LogP contribution in [0.4, 0.5) is 16.2 Å². The molecule has 3 aliphatic rings. The first-order valence-electron chi connectivity index (χ1n) is 10.3. The number of esters is 1. The van der Waals surface area contributed by atoms with E-state index in [1.807, 2.05) is 0 Å². The molecule has 0 aromatic heterocycles. The lowest BCUT2D eigenvalue weighted by molar-refractivity contribution is -0.133. The Balaban J connectivity index is 1.52. The van der Waals surface area contributed by atoms with Crippen LogP contribution in [-0.4, -0.2) is 61.0 Å². The van der Waals surface area contributed by atoms with Crippen LogP contribution in [0.3, 0.4) is 0 Å². The van der Waals surface area contributed by atoms with Crippen LogP contribution >= 0.6 is 0 Å². The Morgan fingerprint density at radius 3 is 2.50 bits per heavy atom. The molecule has 1 aromatic rings. The van der Waals surface area contributed by atoms with Gasteiger partial charge in [0.1, 0.15) is 12.1 Å². The summed E-state index contributed by atoms with van der Waals surface area (Å²) in [5, 5.41) is 5.57. The highest BCUT2D eigenvalue weighted by Gasteiger charge is 2.52. The molecule has 2 heterocycles. The molecule has 30 heavy (non-hydrogen) atoms. The lowest BCUT2D eigenvalue weighted by atomic mass is 9.98. The van der Waals surface area contributed by atoms with Gasteiger partial charge in [-0.2, -0.15) is 0 Å². The van der Waals surface area contributed by atoms with Gasteiger partial charge in [0.05, 0.1) is 24.0 Å². The summed E-state index contributed by atoms with van der Waals surface area (Å²) in [5.74, 6) is -1.32.